The first-order chi connectivity index (χ1) is 12.7. The molecule has 0 saturated heterocycles. The first-order valence-corrected chi connectivity index (χ1v) is 8.33. The van der Waals surface area contributed by atoms with Gasteiger partial charge < -0.3 is 14.8 Å². The summed E-state index contributed by atoms with van der Waals surface area (Å²) in [5.41, 5.74) is 0.528. The molecule has 2 aromatic carbocycles. The number of aromatic nitrogens is 2. The molecule has 1 amide bonds. The summed E-state index contributed by atoms with van der Waals surface area (Å²) >= 11 is 0. The normalized spacial score (nSPS) is 15.6. The Morgan fingerprint density at radius 1 is 1.15 bits per heavy atom. The number of ether oxygens (including phenoxy) is 2. The Morgan fingerprint density at radius 2 is 1.92 bits per heavy atom. The second-order valence-electron chi connectivity index (χ2n) is 5.92. The van der Waals surface area contributed by atoms with Crippen LogP contribution in [0, 0.1) is 0 Å². The van der Waals surface area contributed by atoms with Gasteiger partial charge in [-0.15, -0.1) is 0 Å². The molecular weight excluding hydrogens is 334 g/mol. The molecule has 0 aliphatic carbocycles. The Morgan fingerprint density at radius 3 is 2.81 bits per heavy atom. The highest BCUT2D eigenvalue weighted by Gasteiger charge is 2.26. The lowest BCUT2D eigenvalue weighted by Gasteiger charge is -2.25. The Bertz CT molecular complexity index is 1010. The zero-order valence-corrected chi connectivity index (χ0v) is 13.9. The number of fused-ring (bicyclic) bond motifs is 2. The fraction of sp³-hybridized carbons (Fsp3) is 0.211. The highest BCUT2D eigenvalue weighted by Crippen LogP contribution is 2.30. The third-order valence-corrected chi connectivity index (χ3v) is 4.18. The maximum atomic E-state index is 12.4. The quantitative estimate of drug-likeness (QED) is 0.767. The van der Waals surface area contributed by atoms with Gasteiger partial charge in [0.25, 0.3) is 11.5 Å². The third kappa shape index (κ3) is 3.11. The first kappa shape index (κ1) is 16.1. The summed E-state index contributed by atoms with van der Waals surface area (Å²) in [6.07, 6.45) is 0.782. The van der Waals surface area contributed by atoms with Crippen molar-refractivity contribution in [3.05, 3.63) is 65.2 Å². The van der Waals surface area contributed by atoms with E-state index < -0.39 is 6.10 Å². The second kappa shape index (κ2) is 6.87. The molecule has 1 atom stereocenters. The van der Waals surface area contributed by atoms with Crippen LogP contribution in [0.2, 0.25) is 0 Å². The van der Waals surface area contributed by atoms with E-state index in [1.54, 1.807) is 30.3 Å². The molecule has 1 aliphatic rings. The van der Waals surface area contributed by atoms with Crippen LogP contribution < -0.4 is 20.3 Å². The van der Waals surface area contributed by atoms with Crippen LogP contribution in [0.5, 0.6) is 11.5 Å². The van der Waals surface area contributed by atoms with Gasteiger partial charge in [0.15, 0.2) is 11.5 Å². The fourth-order valence-electron chi connectivity index (χ4n) is 2.83. The molecule has 0 saturated carbocycles. The maximum Gasteiger partial charge on any atom is 0.264 e. The summed E-state index contributed by atoms with van der Waals surface area (Å²) in [6, 6.07) is 14.4. The van der Waals surface area contributed by atoms with Gasteiger partial charge in [0.2, 0.25) is 6.10 Å². The van der Waals surface area contributed by atoms with Gasteiger partial charge >= 0.3 is 0 Å². The minimum Gasteiger partial charge on any atom is -0.485 e. The van der Waals surface area contributed by atoms with Crippen molar-refractivity contribution < 1.29 is 14.3 Å². The van der Waals surface area contributed by atoms with Crippen molar-refractivity contribution in [2.45, 2.75) is 12.6 Å². The van der Waals surface area contributed by atoms with Crippen molar-refractivity contribution in [2.75, 3.05) is 13.2 Å². The molecule has 4 rings (SSSR count). The standard InChI is InChI=1S/C19H17N3O4/c23-18(17-11-25-15-7-3-4-8-16(15)26-17)20-9-10-22-12-21-14-6-2-1-5-13(14)19(22)24/h1-8,12,17H,9-11H2,(H,20,23). The van der Waals surface area contributed by atoms with E-state index in [-0.39, 0.29) is 18.1 Å². The zero-order chi connectivity index (χ0) is 17.9. The van der Waals surface area contributed by atoms with Crippen LogP contribution in [0.3, 0.4) is 0 Å². The van der Waals surface area contributed by atoms with Crippen LogP contribution in [0.15, 0.2) is 59.7 Å². The Labute approximate surface area is 149 Å². The average Bonchev–Trinajstić information content (AvgIpc) is 2.69. The molecule has 1 aromatic heterocycles. The molecule has 26 heavy (non-hydrogen) atoms. The average molecular weight is 351 g/mol. The third-order valence-electron chi connectivity index (χ3n) is 4.18. The Kier molecular flexibility index (Phi) is 4.27. The van der Waals surface area contributed by atoms with E-state index in [9.17, 15) is 9.59 Å². The minimum absolute atomic E-state index is 0.129. The van der Waals surface area contributed by atoms with Crippen LogP contribution >= 0.6 is 0 Å². The van der Waals surface area contributed by atoms with Crippen molar-refractivity contribution in [3.63, 3.8) is 0 Å². The molecule has 1 N–H and O–H groups in total. The maximum absolute atomic E-state index is 12.4. The molecule has 7 nitrogen and oxygen atoms in total. The van der Waals surface area contributed by atoms with Crippen molar-refractivity contribution in [1.82, 2.24) is 14.9 Å². The summed E-state index contributed by atoms with van der Waals surface area (Å²) in [5, 5.41) is 3.33. The molecule has 3 aromatic rings. The summed E-state index contributed by atoms with van der Waals surface area (Å²) in [4.78, 5) is 28.9. The molecule has 0 radical (unpaired) electrons. The largest absolute Gasteiger partial charge is 0.485 e. The van der Waals surface area contributed by atoms with E-state index in [0.29, 0.717) is 35.5 Å². The lowest BCUT2D eigenvalue weighted by molar-refractivity contribution is -0.130. The van der Waals surface area contributed by atoms with Crippen molar-refractivity contribution in [3.8, 4) is 11.5 Å². The van der Waals surface area contributed by atoms with E-state index in [0.717, 1.165) is 0 Å². The van der Waals surface area contributed by atoms with Crippen LogP contribution in [-0.4, -0.2) is 34.7 Å². The summed E-state index contributed by atoms with van der Waals surface area (Å²) < 4.78 is 12.7. The highest BCUT2D eigenvalue weighted by atomic mass is 16.6. The topological polar surface area (TPSA) is 82.5 Å². The van der Waals surface area contributed by atoms with Gasteiger partial charge in [0, 0.05) is 13.1 Å². The summed E-state index contributed by atoms with van der Waals surface area (Å²) in [7, 11) is 0. The number of carbonyl (C=O) groups is 1. The number of amides is 1. The van der Waals surface area contributed by atoms with Crippen LogP contribution in [0.4, 0.5) is 0 Å². The minimum atomic E-state index is -0.712. The predicted octanol–water partition coefficient (Wildman–Crippen LogP) is 1.35. The van der Waals surface area contributed by atoms with E-state index in [2.05, 4.69) is 10.3 Å². The molecule has 1 aliphatic heterocycles. The number of rotatable bonds is 4. The Hall–Kier alpha value is -3.35. The molecule has 2 heterocycles. The lowest BCUT2D eigenvalue weighted by Crippen LogP contribution is -2.45. The van der Waals surface area contributed by atoms with Gasteiger partial charge in [-0.2, -0.15) is 0 Å². The monoisotopic (exact) mass is 351 g/mol. The first-order valence-electron chi connectivity index (χ1n) is 8.33. The van der Waals surface area contributed by atoms with E-state index in [4.69, 9.17) is 9.47 Å². The summed E-state index contributed by atoms with van der Waals surface area (Å²) in [6.45, 7) is 0.771. The molecule has 0 bridgehead atoms. The van der Waals surface area contributed by atoms with Gasteiger partial charge in [0.05, 0.1) is 17.2 Å². The van der Waals surface area contributed by atoms with E-state index >= 15 is 0 Å². The molecular formula is C19H17N3O4. The number of carbonyl (C=O) groups excluding carboxylic acids is 1. The number of para-hydroxylation sites is 3. The number of hydrogen-bond acceptors (Lipinski definition) is 5. The van der Waals surface area contributed by atoms with Gasteiger partial charge in [-0.05, 0) is 24.3 Å². The van der Waals surface area contributed by atoms with Crippen LogP contribution in [-0.2, 0) is 11.3 Å². The smallest absolute Gasteiger partial charge is 0.264 e. The fourth-order valence-corrected chi connectivity index (χ4v) is 2.83. The number of nitrogens with one attached hydrogen (secondary N) is 1. The number of hydrogen-bond donors (Lipinski definition) is 1. The van der Waals surface area contributed by atoms with E-state index in [1.165, 1.54) is 10.9 Å². The SMILES string of the molecule is O=C(NCCn1cnc2ccccc2c1=O)C1COc2ccccc2O1. The van der Waals surface area contributed by atoms with Crippen LogP contribution in [0.1, 0.15) is 0 Å². The molecule has 1 unspecified atom stereocenters. The molecule has 0 spiro atoms. The van der Waals surface area contributed by atoms with Gasteiger partial charge in [-0.3, -0.25) is 14.2 Å². The Balaban J connectivity index is 1.37. The van der Waals surface area contributed by atoms with Crippen molar-refractivity contribution in [1.29, 1.82) is 0 Å². The molecule has 132 valence electrons. The van der Waals surface area contributed by atoms with Crippen LogP contribution in [0.25, 0.3) is 10.9 Å². The van der Waals surface area contributed by atoms with Gasteiger partial charge in [-0.25, -0.2) is 4.98 Å². The molecule has 0 fully saturated rings. The lowest BCUT2D eigenvalue weighted by atomic mass is 10.2. The number of nitrogens with zero attached hydrogens (tertiary/aromatic N) is 2. The zero-order valence-electron chi connectivity index (χ0n) is 13.9. The summed E-state index contributed by atoms with van der Waals surface area (Å²) in [5.74, 6) is 0.903. The second-order valence-corrected chi connectivity index (χ2v) is 5.92. The van der Waals surface area contributed by atoms with Gasteiger partial charge in [0.1, 0.15) is 6.61 Å². The number of benzene rings is 2. The highest BCUT2D eigenvalue weighted by molar-refractivity contribution is 5.81. The van der Waals surface area contributed by atoms with Crippen molar-refractivity contribution in [2.24, 2.45) is 0 Å². The van der Waals surface area contributed by atoms with Gasteiger partial charge in [-0.1, -0.05) is 24.3 Å². The predicted molar refractivity (Wildman–Crippen MR) is 95.4 cm³/mol. The van der Waals surface area contributed by atoms with Crippen molar-refractivity contribution >= 4 is 16.8 Å². The molecule has 7 heteroatoms. The van der Waals surface area contributed by atoms with E-state index in [1.807, 2.05) is 18.2 Å².